The van der Waals surface area contributed by atoms with Gasteiger partial charge in [-0.1, -0.05) is 19.1 Å². The molecule has 0 spiro atoms. The van der Waals surface area contributed by atoms with Crippen LogP contribution in [-0.4, -0.2) is 35.7 Å². The number of hydrogen-bond donors (Lipinski definition) is 4. The highest BCUT2D eigenvalue weighted by molar-refractivity contribution is 7.98. The Morgan fingerprint density at radius 1 is 1.17 bits per heavy atom. The van der Waals surface area contributed by atoms with Gasteiger partial charge < -0.3 is 14.6 Å². The summed E-state index contributed by atoms with van der Waals surface area (Å²) in [6.07, 6.45) is 3.05. The molecule has 0 aromatic heterocycles. The molecule has 2 aromatic rings. The Kier molecular flexibility index (Phi) is 8.57. The molecule has 0 bridgehead atoms. The number of ether oxygens (including phenoxy) is 2. The largest absolute Gasteiger partial charge is 0.504 e. The van der Waals surface area contributed by atoms with Crippen molar-refractivity contribution in [1.29, 1.82) is 0 Å². The van der Waals surface area contributed by atoms with Gasteiger partial charge in [-0.15, -0.1) is 11.8 Å². The van der Waals surface area contributed by atoms with Crippen LogP contribution in [0.5, 0.6) is 11.5 Å². The van der Waals surface area contributed by atoms with Crippen molar-refractivity contribution < 1.29 is 29.4 Å². The van der Waals surface area contributed by atoms with E-state index in [1.807, 2.05) is 18.4 Å². The Balaban J connectivity index is 2.23. The van der Waals surface area contributed by atoms with Crippen LogP contribution in [0.1, 0.15) is 18.6 Å². The van der Waals surface area contributed by atoms with Crippen molar-refractivity contribution in [2.75, 3.05) is 18.7 Å². The molecule has 8 nitrogen and oxygen atoms in total. The predicted molar refractivity (Wildman–Crippen MR) is 114 cm³/mol. The predicted octanol–water partition coefficient (Wildman–Crippen LogP) is 4.11. The SMILES string of the molecule is COc1ccc([C@@H](OC(=O)Nc2ccc(SC)cc2)[C@@H](C)/C=C/C(=O)NO)cc1O. The van der Waals surface area contributed by atoms with Crippen LogP contribution in [-0.2, 0) is 9.53 Å². The molecule has 30 heavy (non-hydrogen) atoms. The minimum absolute atomic E-state index is 0.110. The number of rotatable bonds is 8. The zero-order valence-corrected chi connectivity index (χ0v) is 17.6. The second-order valence-corrected chi connectivity index (χ2v) is 7.18. The summed E-state index contributed by atoms with van der Waals surface area (Å²) in [7, 11) is 1.43. The highest BCUT2D eigenvalue weighted by Crippen LogP contribution is 2.34. The third-order valence-corrected chi connectivity index (χ3v) is 4.98. The monoisotopic (exact) mass is 432 g/mol. The first kappa shape index (κ1) is 23.1. The van der Waals surface area contributed by atoms with E-state index in [2.05, 4.69) is 5.32 Å². The number of hydrogen-bond acceptors (Lipinski definition) is 7. The summed E-state index contributed by atoms with van der Waals surface area (Å²) in [5, 5.41) is 21.4. The minimum Gasteiger partial charge on any atom is -0.504 e. The zero-order valence-electron chi connectivity index (χ0n) is 16.8. The molecule has 9 heteroatoms. The second-order valence-electron chi connectivity index (χ2n) is 6.30. The molecule has 2 rings (SSSR count). The lowest BCUT2D eigenvalue weighted by atomic mass is 9.96. The van der Waals surface area contributed by atoms with Gasteiger partial charge in [-0.3, -0.25) is 15.3 Å². The molecular formula is C21H24N2O6S. The standard InChI is InChI=1S/C21H24N2O6S/c1-13(4-11-19(25)23-27)20(14-5-10-18(28-2)17(24)12-14)29-21(26)22-15-6-8-16(30-3)9-7-15/h4-13,20,24,27H,1-3H3,(H,22,26)(H,23,25)/b11-4+/t13-,20-/m0/s1. The summed E-state index contributed by atoms with van der Waals surface area (Å²) >= 11 is 1.59. The molecular weight excluding hydrogens is 408 g/mol. The van der Waals surface area contributed by atoms with Gasteiger partial charge in [-0.05, 0) is 48.2 Å². The van der Waals surface area contributed by atoms with E-state index >= 15 is 0 Å². The number of amides is 2. The molecule has 2 aromatic carbocycles. The highest BCUT2D eigenvalue weighted by atomic mass is 32.2. The van der Waals surface area contributed by atoms with Crippen molar-refractivity contribution in [3.63, 3.8) is 0 Å². The third kappa shape index (κ3) is 6.43. The normalized spacial score (nSPS) is 12.8. The number of phenols is 1. The number of phenolic OH excluding ortho intramolecular Hbond substituents is 1. The molecule has 0 saturated carbocycles. The molecule has 0 saturated heterocycles. The number of hydroxylamine groups is 1. The zero-order chi connectivity index (χ0) is 22.1. The molecule has 0 fully saturated rings. The Morgan fingerprint density at radius 3 is 2.43 bits per heavy atom. The molecule has 2 amide bonds. The molecule has 0 aliphatic carbocycles. The number of anilines is 1. The van der Waals surface area contributed by atoms with Gasteiger partial charge in [0.15, 0.2) is 11.5 Å². The van der Waals surface area contributed by atoms with E-state index in [0.29, 0.717) is 11.3 Å². The van der Waals surface area contributed by atoms with Gasteiger partial charge in [0.25, 0.3) is 5.91 Å². The number of aromatic hydroxyl groups is 1. The molecule has 2 atom stereocenters. The van der Waals surface area contributed by atoms with E-state index in [0.717, 1.165) is 11.0 Å². The fourth-order valence-electron chi connectivity index (χ4n) is 2.68. The number of benzene rings is 2. The lowest BCUT2D eigenvalue weighted by Crippen LogP contribution is -2.22. The summed E-state index contributed by atoms with van der Waals surface area (Å²) in [5.41, 5.74) is 2.57. The van der Waals surface area contributed by atoms with E-state index in [1.165, 1.54) is 24.7 Å². The van der Waals surface area contributed by atoms with Crippen molar-refractivity contribution in [1.82, 2.24) is 5.48 Å². The molecule has 4 N–H and O–H groups in total. The average molecular weight is 432 g/mol. The Hall–Kier alpha value is -3.17. The van der Waals surface area contributed by atoms with Crippen LogP contribution in [0.4, 0.5) is 10.5 Å². The quantitative estimate of drug-likeness (QED) is 0.215. The van der Waals surface area contributed by atoms with Crippen LogP contribution in [0.2, 0.25) is 0 Å². The van der Waals surface area contributed by atoms with Crippen molar-refractivity contribution in [2.24, 2.45) is 5.92 Å². The van der Waals surface area contributed by atoms with Gasteiger partial charge in [0.1, 0.15) is 6.10 Å². The lowest BCUT2D eigenvalue weighted by Gasteiger charge is -2.23. The highest BCUT2D eigenvalue weighted by Gasteiger charge is 2.24. The summed E-state index contributed by atoms with van der Waals surface area (Å²) in [4.78, 5) is 24.8. The fourth-order valence-corrected chi connectivity index (χ4v) is 3.09. The number of carbonyl (C=O) groups excluding carboxylic acids is 2. The number of methoxy groups -OCH3 is 1. The molecule has 0 radical (unpaired) electrons. The van der Waals surface area contributed by atoms with Gasteiger partial charge in [0.05, 0.1) is 7.11 Å². The second kappa shape index (κ2) is 11.1. The number of nitrogens with one attached hydrogen (secondary N) is 2. The van der Waals surface area contributed by atoms with Crippen LogP contribution >= 0.6 is 11.8 Å². The van der Waals surface area contributed by atoms with Crippen LogP contribution in [0.25, 0.3) is 0 Å². The van der Waals surface area contributed by atoms with Gasteiger partial charge in [-0.2, -0.15) is 0 Å². The molecule has 0 aliphatic heterocycles. The number of carbonyl (C=O) groups is 2. The van der Waals surface area contributed by atoms with E-state index in [1.54, 1.807) is 43.0 Å². The molecule has 0 heterocycles. The maximum atomic E-state index is 12.5. The first-order valence-corrected chi connectivity index (χ1v) is 10.2. The Labute approximate surface area is 178 Å². The van der Waals surface area contributed by atoms with Crippen molar-refractivity contribution in [3.05, 3.63) is 60.2 Å². The lowest BCUT2D eigenvalue weighted by molar-refractivity contribution is -0.124. The summed E-state index contributed by atoms with van der Waals surface area (Å²) in [6, 6.07) is 11.9. The van der Waals surface area contributed by atoms with Gasteiger partial charge in [0.2, 0.25) is 0 Å². The third-order valence-electron chi connectivity index (χ3n) is 4.24. The summed E-state index contributed by atoms with van der Waals surface area (Å²) in [5.74, 6) is -1.00. The van der Waals surface area contributed by atoms with Crippen LogP contribution in [0.3, 0.4) is 0 Å². The topological polar surface area (TPSA) is 117 Å². The maximum absolute atomic E-state index is 12.5. The van der Waals surface area contributed by atoms with E-state index in [-0.39, 0.29) is 11.5 Å². The van der Waals surface area contributed by atoms with Crippen molar-refractivity contribution in [2.45, 2.75) is 17.9 Å². The van der Waals surface area contributed by atoms with Crippen LogP contribution in [0, 0.1) is 5.92 Å². The van der Waals surface area contributed by atoms with E-state index in [9.17, 15) is 14.7 Å². The molecule has 0 aliphatic rings. The Morgan fingerprint density at radius 2 is 1.87 bits per heavy atom. The van der Waals surface area contributed by atoms with Gasteiger partial charge in [-0.25, -0.2) is 10.3 Å². The summed E-state index contributed by atoms with van der Waals surface area (Å²) < 4.78 is 10.6. The maximum Gasteiger partial charge on any atom is 0.412 e. The van der Waals surface area contributed by atoms with Crippen molar-refractivity contribution in [3.8, 4) is 11.5 Å². The first-order valence-electron chi connectivity index (χ1n) is 8.98. The van der Waals surface area contributed by atoms with E-state index in [4.69, 9.17) is 14.7 Å². The van der Waals surface area contributed by atoms with Crippen molar-refractivity contribution >= 4 is 29.4 Å². The Bertz CT molecular complexity index is 901. The fraction of sp³-hybridized carbons (Fsp3) is 0.238. The smallest absolute Gasteiger partial charge is 0.412 e. The van der Waals surface area contributed by atoms with Crippen LogP contribution < -0.4 is 15.5 Å². The summed E-state index contributed by atoms with van der Waals surface area (Å²) in [6.45, 7) is 1.73. The molecule has 0 unspecified atom stereocenters. The minimum atomic E-state index is -0.824. The van der Waals surface area contributed by atoms with Gasteiger partial charge >= 0.3 is 6.09 Å². The number of thioether (sulfide) groups is 1. The van der Waals surface area contributed by atoms with Gasteiger partial charge in [0, 0.05) is 22.6 Å². The molecule has 160 valence electrons. The average Bonchev–Trinajstić information content (AvgIpc) is 2.76. The van der Waals surface area contributed by atoms with E-state index < -0.39 is 24.0 Å². The van der Waals surface area contributed by atoms with Crippen LogP contribution in [0.15, 0.2) is 59.5 Å². The first-order chi connectivity index (χ1) is 14.4.